The van der Waals surface area contributed by atoms with Crippen molar-refractivity contribution in [2.24, 2.45) is 11.8 Å². The second kappa shape index (κ2) is 11.3. The summed E-state index contributed by atoms with van der Waals surface area (Å²) in [7, 11) is 0. The second-order valence-corrected chi connectivity index (χ2v) is 7.35. The second-order valence-electron chi connectivity index (χ2n) is 7.35. The quantitative estimate of drug-likeness (QED) is 0.415. The van der Waals surface area contributed by atoms with Crippen molar-refractivity contribution in [2.75, 3.05) is 19.7 Å². The molecule has 0 aliphatic carbocycles. The van der Waals surface area contributed by atoms with Crippen LogP contribution in [0.2, 0.25) is 0 Å². The average molecular weight is 346 g/mol. The zero-order chi connectivity index (χ0) is 17.9. The standard InChI is InChI=1S/C22H35NO2/c1-3-5-6-7-8-12-15-20-17-23(16-19-13-10-9-11-14-19)18-21(20)22(24)25-4-2/h9-11,13-14,20-21H,3-8,12,15-18H2,1-2H3. The molecule has 1 fully saturated rings. The molecule has 0 bridgehead atoms. The van der Waals surface area contributed by atoms with Gasteiger partial charge in [-0.1, -0.05) is 75.8 Å². The number of esters is 1. The summed E-state index contributed by atoms with van der Waals surface area (Å²) >= 11 is 0. The van der Waals surface area contributed by atoms with E-state index in [1.165, 1.54) is 44.1 Å². The van der Waals surface area contributed by atoms with Crippen molar-refractivity contribution < 1.29 is 9.53 Å². The lowest BCUT2D eigenvalue weighted by atomic mass is 9.90. The van der Waals surface area contributed by atoms with Gasteiger partial charge in [0.15, 0.2) is 0 Å². The summed E-state index contributed by atoms with van der Waals surface area (Å²) in [5, 5.41) is 0. The Morgan fingerprint density at radius 3 is 2.48 bits per heavy atom. The van der Waals surface area contributed by atoms with Gasteiger partial charge < -0.3 is 4.74 Å². The Kier molecular flexibility index (Phi) is 9.03. The highest BCUT2D eigenvalue weighted by Crippen LogP contribution is 2.30. The Labute approximate surface area is 153 Å². The normalized spacial score (nSPS) is 20.7. The SMILES string of the molecule is CCCCCCCCC1CN(Cc2ccccc2)CC1C(=O)OCC. The third kappa shape index (κ3) is 6.81. The van der Waals surface area contributed by atoms with Gasteiger partial charge in [0, 0.05) is 19.6 Å². The van der Waals surface area contributed by atoms with E-state index in [1.54, 1.807) is 0 Å². The molecule has 1 heterocycles. The van der Waals surface area contributed by atoms with Gasteiger partial charge in [-0.25, -0.2) is 0 Å². The monoisotopic (exact) mass is 345 g/mol. The van der Waals surface area contributed by atoms with Crippen LogP contribution >= 0.6 is 0 Å². The van der Waals surface area contributed by atoms with Crippen molar-refractivity contribution >= 4 is 5.97 Å². The third-order valence-electron chi connectivity index (χ3n) is 5.28. The molecule has 3 nitrogen and oxygen atoms in total. The van der Waals surface area contributed by atoms with Gasteiger partial charge in [-0.2, -0.15) is 0 Å². The van der Waals surface area contributed by atoms with E-state index in [0.717, 1.165) is 26.1 Å². The number of carbonyl (C=O) groups excluding carboxylic acids is 1. The minimum absolute atomic E-state index is 0.00837. The molecule has 2 unspecified atom stereocenters. The molecular weight excluding hydrogens is 310 g/mol. The summed E-state index contributed by atoms with van der Waals surface area (Å²) in [6, 6.07) is 10.6. The predicted molar refractivity (Wildman–Crippen MR) is 103 cm³/mol. The molecule has 140 valence electrons. The van der Waals surface area contributed by atoms with Crippen LogP contribution in [0.1, 0.15) is 64.4 Å². The Hall–Kier alpha value is -1.35. The van der Waals surface area contributed by atoms with E-state index in [1.807, 2.05) is 6.92 Å². The lowest BCUT2D eigenvalue weighted by Gasteiger charge is -2.16. The predicted octanol–water partition coefficient (Wildman–Crippen LogP) is 5.05. The first-order valence-electron chi connectivity index (χ1n) is 10.2. The first kappa shape index (κ1) is 20.0. The lowest BCUT2D eigenvalue weighted by Crippen LogP contribution is -2.26. The van der Waals surface area contributed by atoms with Gasteiger partial charge in [0.1, 0.15) is 0 Å². The van der Waals surface area contributed by atoms with E-state index in [4.69, 9.17) is 4.74 Å². The van der Waals surface area contributed by atoms with Gasteiger partial charge in [-0.3, -0.25) is 9.69 Å². The molecule has 0 N–H and O–H groups in total. The van der Waals surface area contributed by atoms with Crippen LogP contribution in [0.4, 0.5) is 0 Å². The van der Waals surface area contributed by atoms with Crippen molar-refractivity contribution in [2.45, 2.75) is 65.3 Å². The van der Waals surface area contributed by atoms with Crippen molar-refractivity contribution in [3.63, 3.8) is 0 Å². The van der Waals surface area contributed by atoms with Crippen LogP contribution in [0, 0.1) is 11.8 Å². The van der Waals surface area contributed by atoms with Gasteiger partial charge in [-0.15, -0.1) is 0 Å². The maximum atomic E-state index is 12.4. The Bertz CT molecular complexity index is 488. The number of benzene rings is 1. The number of hydrogen-bond donors (Lipinski definition) is 0. The fourth-order valence-electron chi connectivity index (χ4n) is 3.93. The molecule has 3 heteroatoms. The molecule has 0 saturated carbocycles. The topological polar surface area (TPSA) is 29.5 Å². The summed E-state index contributed by atoms with van der Waals surface area (Å²) < 4.78 is 5.35. The van der Waals surface area contributed by atoms with Crippen molar-refractivity contribution in [1.29, 1.82) is 0 Å². The summed E-state index contributed by atoms with van der Waals surface area (Å²) in [6.45, 7) is 7.43. The molecule has 1 aromatic carbocycles. The van der Waals surface area contributed by atoms with Gasteiger partial charge in [0.2, 0.25) is 0 Å². The van der Waals surface area contributed by atoms with Crippen LogP contribution < -0.4 is 0 Å². The maximum absolute atomic E-state index is 12.4. The largest absolute Gasteiger partial charge is 0.466 e. The van der Waals surface area contributed by atoms with Crippen molar-refractivity contribution in [3.05, 3.63) is 35.9 Å². The van der Waals surface area contributed by atoms with Crippen LogP contribution in [-0.4, -0.2) is 30.6 Å². The maximum Gasteiger partial charge on any atom is 0.310 e. The van der Waals surface area contributed by atoms with Crippen LogP contribution in [0.3, 0.4) is 0 Å². The Morgan fingerprint density at radius 2 is 1.76 bits per heavy atom. The molecule has 25 heavy (non-hydrogen) atoms. The van der Waals surface area contributed by atoms with E-state index in [2.05, 4.69) is 42.2 Å². The molecule has 2 atom stereocenters. The van der Waals surface area contributed by atoms with Gasteiger partial charge in [0.05, 0.1) is 12.5 Å². The van der Waals surface area contributed by atoms with Crippen LogP contribution in [0.5, 0.6) is 0 Å². The highest BCUT2D eigenvalue weighted by molar-refractivity contribution is 5.73. The number of likely N-dealkylation sites (tertiary alicyclic amines) is 1. The van der Waals surface area contributed by atoms with E-state index < -0.39 is 0 Å². The van der Waals surface area contributed by atoms with Crippen LogP contribution in [0.15, 0.2) is 30.3 Å². The highest BCUT2D eigenvalue weighted by Gasteiger charge is 2.37. The molecule has 0 amide bonds. The summed E-state index contributed by atoms with van der Waals surface area (Å²) in [6.07, 6.45) is 9.01. The molecule has 0 spiro atoms. The van der Waals surface area contributed by atoms with E-state index in [0.29, 0.717) is 12.5 Å². The molecule has 2 rings (SSSR count). The van der Waals surface area contributed by atoms with E-state index in [-0.39, 0.29) is 11.9 Å². The molecule has 1 aromatic rings. The highest BCUT2D eigenvalue weighted by atomic mass is 16.5. The van der Waals surface area contributed by atoms with Crippen molar-refractivity contribution in [3.8, 4) is 0 Å². The lowest BCUT2D eigenvalue weighted by molar-refractivity contribution is -0.148. The fourth-order valence-corrected chi connectivity index (χ4v) is 3.93. The minimum Gasteiger partial charge on any atom is -0.466 e. The molecule has 1 aliphatic heterocycles. The molecule has 0 aromatic heterocycles. The molecule has 0 radical (unpaired) electrons. The summed E-state index contributed by atoms with van der Waals surface area (Å²) in [5.41, 5.74) is 1.32. The smallest absolute Gasteiger partial charge is 0.310 e. The van der Waals surface area contributed by atoms with Gasteiger partial charge >= 0.3 is 5.97 Å². The van der Waals surface area contributed by atoms with Crippen LogP contribution in [-0.2, 0) is 16.1 Å². The summed E-state index contributed by atoms with van der Waals surface area (Å²) in [4.78, 5) is 14.8. The summed E-state index contributed by atoms with van der Waals surface area (Å²) in [5.74, 6) is 0.516. The van der Waals surface area contributed by atoms with Gasteiger partial charge in [-0.05, 0) is 24.8 Å². The number of rotatable bonds is 11. The zero-order valence-electron chi connectivity index (χ0n) is 16.1. The molecule has 1 saturated heterocycles. The average Bonchev–Trinajstić information content (AvgIpc) is 3.02. The zero-order valence-corrected chi connectivity index (χ0v) is 16.1. The number of ether oxygens (including phenoxy) is 1. The van der Waals surface area contributed by atoms with Crippen molar-refractivity contribution in [1.82, 2.24) is 4.90 Å². The third-order valence-corrected chi connectivity index (χ3v) is 5.28. The number of carbonyl (C=O) groups is 1. The fraction of sp³-hybridized carbons (Fsp3) is 0.682. The first-order valence-corrected chi connectivity index (χ1v) is 10.2. The number of unbranched alkanes of at least 4 members (excludes halogenated alkanes) is 5. The number of hydrogen-bond acceptors (Lipinski definition) is 3. The minimum atomic E-state index is 0.00837. The molecule has 1 aliphatic rings. The van der Waals surface area contributed by atoms with Gasteiger partial charge in [0.25, 0.3) is 0 Å². The Balaban J connectivity index is 1.84. The number of nitrogens with zero attached hydrogens (tertiary/aromatic N) is 1. The molecular formula is C22H35NO2. The van der Waals surface area contributed by atoms with E-state index in [9.17, 15) is 4.79 Å². The Morgan fingerprint density at radius 1 is 1.04 bits per heavy atom. The first-order chi connectivity index (χ1) is 12.2. The van der Waals surface area contributed by atoms with E-state index >= 15 is 0 Å². The van der Waals surface area contributed by atoms with Crippen LogP contribution in [0.25, 0.3) is 0 Å².